The maximum atomic E-state index is 2.38. The first-order valence-electron chi connectivity index (χ1n) is 5.98. The Balaban J connectivity index is 2.05. The lowest BCUT2D eigenvalue weighted by molar-refractivity contribution is 0.213. The molecule has 0 amide bonds. The van der Waals surface area contributed by atoms with Gasteiger partial charge in [0, 0.05) is 6.04 Å². The molecule has 1 aromatic rings. The van der Waals surface area contributed by atoms with E-state index in [2.05, 4.69) is 49.3 Å². The SMILES string of the molecule is CN(C)[C@@H]1CCC[C@H](c2ccccc2)C1. The quantitative estimate of drug-likeness (QED) is 0.713. The fourth-order valence-corrected chi connectivity index (χ4v) is 2.66. The Morgan fingerprint density at radius 1 is 1.07 bits per heavy atom. The normalized spacial score (nSPS) is 26.9. The molecular formula is C14H21N. The molecule has 1 aromatic carbocycles. The average molecular weight is 203 g/mol. The summed E-state index contributed by atoms with van der Waals surface area (Å²) in [6, 6.07) is 11.8. The first-order valence-corrected chi connectivity index (χ1v) is 5.98. The van der Waals surface area contributed by atoms with Gasteiger partial charge >= 0.3 is 0 Å². The van der Waals surface area contributed by atoms with E-state index in [-0.39, 0.29) is 0 Å². The van der Waals surface area contributed by atoms with Crippen LogP contribution in [0.2, 0.25) is 0 Å². The molecule has 1 aliphatic carbocycles. The number of nitrogens with zero attached hydrogens (tertiary/aromatic N) is 1. The molecule has 15 heavy (non-hydrogen) atoms. The van der Waals surface area contributed by atoms with Crippen LogP contribution >= 0.6 is 0 Å². The second-order valence-electron chi connectivity index (χ2n) is 4.89. The van der Waals surface area contributed by atoms with Crippen LogP contribution in [0.1, 0.15) is 37.2 Å². The predicted octanol–water partition coefficient (Wildman–Crippen LogP) is 3.27. The van der Waals surface area contributed by atoms with Crippen LogP contribution in [-0.2, 0) is 0 Å². The van der Waals surface area contributed by atoms with Crippen LogP contribution < -0.4 is 0 Å². The first kappa shape index (κ1) is 10.7. The maximum Gasteiger partial charge on any atom is 0.00949 e. The molecule has 82 valence electrons. The minimum Gasteiger partial charge on any atom is -0.306 e. The third kappa shape index (κ3) is 2.60. The number of benzene rings is 1. The second kappa shape index (κ2) is 4.80. The van der Waals surface area contributed by atoms with Gasteiger partial charge in [0.25, 0.3) is 0 Å². The number of rotatable bonds is 2. The van der Waals surface area contributed by atoms with E-state index in [0.717, 1.165) is 12.0 Å². The van der Waals surface area contributed by atoms with Crippen molar-refractivity contribution in [3.63, 3.8) is 0 Å². The summed E-state index contributed by atoms with van der Waals surface area (Å²) in [5.41, 5.74) is 1.53. The number of hydrogen-bond donors (Lipinski definition) is 0. The molecule has 0 aromatic heterocycles. The Bertz CT molecular complexity index is 291. The first-order chi connectivity index (χ1) is 7.27. The van der Waals surface area contributed by atoms with Gasteiger partial charge in [0.15, 0.2) is 0 Å². The largest absolute Gasteiger partial charge is 0.306 e. The Kier molecular flexibility index (Phi) is 3.42. The van der Waals surface area contributed by atoms with Crippen LogP contribution in [-0.4, -0.2) is 25.0 Å². The molecule has 1 aliphatic rings. The van der Waals surface area contributed by atoms with Gasteiger partial charge in [0.05, 0.1) is 0 Å². The van der Waals surface area contributed by atoms with Crippen LogP contribution in [0.3, 0.4) is 0 Å². The lowest BCUT2D eigenvalue weighted by atomic mass is 9.81. The Morgan fingerprint density at radius 3 is 2.47 bits per heavy atom. The lowest BCUT2D eigenvalue weighted by Gasteiger charge is -2.33. The summed E-state index contributed by atoms with van der Waals surface area (Å²) < 4.78 is 0. The summed E-state index contributed by atoms with van der Waals surface area (Å²) in [4.78, 5) is 2.38. The van der Waals surface area contributed by atoms with E-state index >= 15 is 0 Å². The molecule has 0 unspecified atom stereocenters. The van der Waals surface area contributed by atoms with E-state index in [1.165, 1.54) is 31.2 Å². The molecule has 2 rings (SSSR count). The Labute approximate surface area is 93.1 Å². The fraction of sp³-hybridized carbons (Fsp3) is 0.571. The van der Waals surface area contributed by atoms with Gasteiger partial charge in [-0.05, 0) is 44.8 Å². The molecular weight excluding hydrogens is 182 g/mol. The maximum absolute atomic E-state index is 2.38. The minimum atomic E-state index is 0.781. The zero-order valence-electron chi connectivity index (χ0n) is 9.82. The highest BCUT2D eigenvalue weighted by Crippen LogP contribution is 2.34. The van der Waals surface area contributed by atoms with Gasteiger partial charge in [-0.2, -0.15) is 0 Å². The molecule has 0 bridgehead atoms. The van der Waals surface area contributed by atoms with Crippen molar-refractivity contribution in [3.05, 3.63) is 35.9 Å². The minimum absolute atomic E-state index is 0.781. The van der Waals surface area contributed by atoms with E-state index < -0.39 is 0 Å². The molecule has 0 heterocycles. The zero-order valence-corrected chi connectivity index (χ0v) is 9.82. The summed E-state index contributed by atoms with van der Waals surface area (Å²) in [7, 11) is 4.41. The summed E-state index contributed by atoms with van der Waals surface area (Å²) in [6.07, 6.45) is 5.45. The highest BCUT2D eigenvalue weighted by atomic mass is 15.1. The summed E-state index contributed by atoms with van der Waals surface area (Å²) in [6.45, 7) is 0. The van der Waals surface area contributed by atoms with Gasteiger partial charge in [0.2, 0.25) is 0 Å². The molecule has 0 radical (unpaired) electrons. The van der Waals surface area contributed by atoms with Crippen molar-refractivity contribution in [1.82, 2.24) is 4.90 Å². The van der Waals surface area contributed by atoms with Crippen LogP contribution in [0.15, 0.2) is 30.3 Å². The van der Waals surface area contributed by atoms with Crippen molar-refractivity contribution in [2.24, 2.45) is 0 Å². The van der Waals surface area contributed by atoms with Crippen LogP contribution in [0.4, 0.5) is 0 Å². The summed E-state index contributed by atoms with van der Waals surface area (Å²) in [5, 5.41) is 0. The lowest BCUT2D eigenvalue weighted by Crippen LogP contribution is -2.32. The molecule has 1 saturated carbocycles. The monoisotopic (exact) mass is 203 g/mol. The highest BCUT2D eigenvalue weighted by molar-refractivity contribution is 5.20. The fourth-order valence-electron chi connectivity index (χ4n) is 2.66. The second-order valence-corrected chi connectivity index (χ2v) is 4.89. The van der Waals surface area contributed by atoms with Gasteiger partial charge in [-0.1, -0.05) is 36.8 Å². The van der Waals surface area contributed by atoms with Crippen LogP contribution in [0.25, 0.3) is 0 Å². The van der Waals surface area contributed by atoms with Gasteiger partial charge in [-0.3, -0.25) is 0 Å². The van der Waals surface area contributed by atoms with Crippen LogP contribution in [0, 0.1) is 0 Å². The van der Waals surface area contributed by atoms with Gasteiger partial charge < -0.3 is 4.90 Å². The molecule has 1 nitrogen and oxygen atoms in total. The van der Waals surface area contributed by atoms with E-state index in [1.807, 2.05) is 0 Å². The van der Waals surface area contributed by atoms with Crippen molar-refractivity contribution < 1.29 is 0 Å². The third-order valence-electron chi connectivity index (χ3n) is 3.65. The van der Waals surface area contributed by atoms with Crippen molar-refractivity contribution in [1.29, 1.82) is 0 Å². The molecule has 1 heteroatoms. The molecule has 0 aliphatic heterocycles. The molecule has 2 atom stereocenters. The van der Waals surface area contributed by atoms with Crippen molar-refractivity contribution in [3.8, 4) is 0 Å². The topological polar surface area (TPSA) is 3.24 Å². The zero-order chi connectivity index (χ0) is 10.7. The van der Waals surface area contributed by atoms with Gasteiger partial charge in [-0.25, -0.2) is 0 Å². The molecule has 0 spiro atoms. The van der Waals surface area contributed by atoms with Gasteiger partial charge in [-0.15, -0.1) is 0 Å². The van der Waals surface area contributed by atoms with E-state index in [0.29, 0.717) is 0 Å². The molecule has 0 N–H and O–H groups in total. The van der Waals surface area contributed by atoms with E-state index in [9.17, 15) is 0 Å². The smallest absolute Gasteiger partial charge is 0.00949 e. The highest BCUT2D eigenvalue weighted by Gasteiger charge is 2.23. The van der Waals surface area contributed by atoms with Crippen molar-refractivity contribution >= 4 is 0 Å². The summed E-state index contributed by atoms with van der Waals surface area (Å²) >= 11 is 0. The van der Waals surface area contributed by atoms with E-state index in [4.69, 9.17) is 0 Å². The summed E-state index contributed by atoms with van der Waals surface area (Å²) in [5.74, 6) is 0.785. The Morgan fingerprint density at radius 2 is 1.80 bits per heavy atom. The standard InChI is InChI=1S/C14H21N/c1-15(2)14-10-6-9-13(11-14)12-7-4-3-5-8-12/h3-5,7-8,13-14H,6,9-11H2,1-2H3/t13-,14+/m0/s1. The number of hydrogen-bond acceptors (Lipinski definition) is 1. The van der Waals surface area contributed by atoms with Crippen LogP contribution in [0.5, 0.6) is 0 Å². The van der Waals surface area contributed by atoms with Crippen molar-refractivity contribution in [2.75, 3.05) is 14.1 Å². The Hall–Kier alpha value is -0.820. The van der Waals surface area contributed by atoms with Gasteiger partial charge in [0.1, 0.15) is 0 Å². The van der Waals surface area contributed by atoms with E-state index in [1.54, 1.807) is 0 Å². The molecule has 0 saturated heterocycles. The predicted molar refractivity (Wildman–Crippen MR) is 65.1 cm³/mol. The molecule has 1 fully saturated rings. The van der Waals surface area contributed by atoms with Crippen molar-refractivity contribution in [2.45, 2.75) is 37.6 Å². The average Bonchev–Trinajstić information content (AvgIpc) is 2.30. The third-order valence-corrected chi connectivity index (χ3v) is 3.65.